The van der Waals surface area contributed by atoms with Crippen molar-refractivity contribution < 1.29 is 4.79 Å². The zero-order valence-corrected chi connectivity index (χ0v) is 21.1. The molecule has 2 heterocycles. The van der Waals surface area contributed by atoms with Crippen LogP contribution in [-0.4, -0.2) is 33.8 Å². The summed E-state index contributed by atoms with van der Waals surface area (Å²) in [6.07, 6.45) is 2.85. The topological polar surface area (TPSA) is 76.2 Å². The van der Waals surface area contributed by atoms with E-state index in [4.69, 9.17) is 10.8 Å². The van der Waals surface area contributed by atoms with Crippen LogP contribution in [-0.2, 0) is 25.8 Å². The van der Waals surface area contributed by atoms with Crippen molar-refractivity contribution in [1.82, 2.24) is 14.7 Å². The normalized spacial score (nSPS) is 14.1. The van der Waals surface area contributed by atoms with E-state index in [9.17, 15) is 4.79 Å². The van der Waals surface area contributed by atoms with Crippen molar-refractivity contribution >= 4 is 11.7 Å². The number of hydrogen-bond donors (Lipinski definition) is 2. The Morgan fingerprint density at radius 3 is 2.26 bits per heavy atom. The zero-order chi connectivity index (χ0) is 24.5. The van der Waals surface area contributed by atoms with E-state index in [0.29, 0.717) is 5.69 Å². The van der Waals surface area contributed by atoms with Gasteiger partial charge in [-0.3, -0.25) is 4.90 Å². The number of hydrogen-bond acceptors (Lipinski definition) is 3. The second-order valence-corrected chi connectivity index (χ2v) is 10.4. The number of nitrogens with zero attached hydrogens (tertiary/aromatic N) is 3. The van der Waals surface area contributed by atoms with Gasteiger partial charge in [0.1, 0.15) is 0 Å². The highest BCUT2D eigenvalue weighted by Gasteiger charge is 2.29. The van der Waals surface area contributed by atoms with Crippen LogP contribution in [0.1, 0.15) is 57.0 Å². The maximum atomic E-state index is 11.3. The van der Waals surface area contributed by atoms with Crippen LogP contribution in [0.2, 0.25) is 0 Å². The van der Waals surface area contributed by atoms with Gasteiger partial charge in [0.05, 0.1) is 17.1 Å². The first-order valence-electron chi connectivity index (χ1n) is 12.3. The van der Waals surface area contributed by atoms with E-state index in [1.54, 1.807) is 0 Å². The Kier molecular flexibility index (Phi) is 6.80. The van der Waals surface area contributed by atoms with Gasteiger partial charge in [-0.2, -0.15) is 5.10 Å². The Balaban J connectivity index is 1.88. The number of aromatic nitrogens is 2. The molecule has 180 valence electrons. The molecule has 2 aromatic carbocycles. The Morgan fingerprint density at radius 2 is 1.71 bits per heavy atom. The number of fused-ring (bicyclic) bond motifs is 1. The highest BCUT2D eigenvalue weighted by Crippen LogP contribution is 2.36. The summed E-state index contributed by atoms with van der Waals surface area (Å²) in [4.78, 5) is 13.8. The van der Waals surface area contributed by atoms with Crippen LogP contribution in [0.5, 0.6) is 0 Å². The van der Waals surface area contributed by atoms with Crippen molar-refractivity contribution in [1.29, 1.82) is 0 Å². The van der Waals surface area contributed by atoms with E-state index in [-0.39, 0.29) is 5.41 Å². The van der Waals surface area contributed by atoms with Gasteiger partial charge in [-0.1, -0.05) is 65.0 Å². The SMILES string of the molecule is CCc1cccc(CC)c1-n1nc2c(c1-c1ccc(NC(N)=O)cc1)CN(CC(C)(C)C)CC2. The Labute approximate surface area is 203 Å². The van der Waals surface area contributed by atoms with Gasteiger partial charge >= 0.3 is 6.03 Å². The Morgan fingerprint density at radius 1 is 1.06 bits per heavy atom. The second-order valence-electron chi connectivity index (χ2n) is 10.4. The summed E-state index contributed by atoms with van der Waals surface area (Å²) < 4.78 is 2.19. The Bertz CT molecular complexity index is 1150. The molecule has 0 radical (unpaired) electrons. The van der Waals surface area contributed by atoms with Gasteiger partial charge in [0, 0.05) is 42.9 Å². The van der Waals surface area contributed by atoms with Crippen molar-refractivity contribution in [2.24, 2.45) is 11.1 Å². The van der Waals surface area contributed by atoms with Gasteiger partial charge in [-0.25, -0.2) is 9.48 Å². The summed E-state index contributed by atoms with van der Waals surface area (Å²) in [5.41, 5.74) is 14.8. The third kappa shape index (κ3) is 5.02. The number of urea groups is 1. The molecule has 6 heteroatoms. The molecule has 3 N–H and O–H groups in total. The lowest BCUT2D eigenvalue weighted by atomic mass is 9.93. The van der Waals surface area contributed by atoms with E-state index in [1.807, 2.05) is 12.1 Å². The number of benzene rings is 2. The molecule has 3 aromatic rings. The lowest BCUT2D eigenvalue weighted by molar-refractivity contribution is 0.176. The number of carbonyl (C=O) groups excluding carboxylic acids is 1. The monoisotopic (exact) mass is 459 g/mol. The summed E-state index contributed by atoms with van der Waals surface area (Å²) in [6, 6.07) is 14.0. The quantitative estimate of drug-likeness (QED) is 0.507. The summed E-state index contributed by atoms with van der Waals surface area (Å²) in [7, 11) is 0. The molecule has 6 nitrogen and oxygen atoms in total. The largest absolute Gasteiger partial charge is 0.351 e. The van der Waals surface area contributed by atoms with Gasteiger partial charge in [0.15, 0.2) is 0 Å². The molecule has 1 aliphatic rings. The van der Waals surface area contributed by atoms with Crippen LogP contribution in [0.15, 0.2) is 42.5 Å². The van der Waals surface area contributed by atoms with Crippen molar-refractivity contribution in [2.45, 2.75) is 60.4 Å². The third-order valence-corrected chi connectivity index (χ3v) is 6.41. The van der Waals surface area contributed by atoms with Crippen LogP contribution in [0.25, 0.3) is 16.9 Å². The molecule has 0 atom stereocenters. The maximum absolute atomic E-state index is 11.3. The first-order valence-corrected chi connectivity index (χ1v) is 12.3. The minimum Gasteiger partial charge on any atom is -0.351 e. The molecular formula is C28H37N5O. The van der Waals surface area contributed by atoms with Crippen LogP contribution in [0, 0.1) is 5.41 Å². The van der Waals surface area contributed by atoms with Gasteiger partial charge in [-0.15, -0.1) is 0 Å². The number of para-hydroxylation sites is 1. The van der Waals surface area contributed by atoms with Gasteiger partial charge in [0.25, 0.3) is 0 Å². The first kappa shape index (κ1) is 24.0. The van der Waals surface area contributed by atoms with Crippen LogP contribution in [0.4, 0.5) is 10.5 Å². The van der Waals surface area contributed by atoms with E-state index < -0.39 is 6.03 Å². The minimum absolute atomic E-state index is 0.236. The fourth-order valence-electron chi connectivity index (χ4n) is 5.03. The predicted molar refractivity (Wildman–Crippen MR) is 139 cm³/mol. The molecule has 1 aliphatic heterocycles. The number of amides is 2. The first-order chi connectivity index (χ1) is 16.2. The summed E-state index contributed by atoms with van der Waals surface area (Å²) in [5, 5.41) is 7.88. The summed E-state index contributed by atoms with van der Waals surface area (Å²) in [5.74, 6) is 0. The molecule has 0 unspecified atom stereocenters. The highest BCUT2D eigenvalue weighted by molar-refractivity contribution is 5.88. The van der Waals surface area contributed by atoms with Crippen LogP contribution < -0.4 is 11.1 Å². The minimum atomic E-state index is -0.558. The molecule has 1 aromatic heterocycles. The Hall–Kier alpha value is -3.12. The fraction of sp³-hybridized carbons (Fsp3) is 0.429. The molecule has 0 fully saturated rings. The number of nitrogens with one attached hydrogen (secondary N) is 1. The number of aryl methyl sites for hydroxylation is 2. The molecule has 0 spiro atoms. The third-order valence-electron chi connectivity index (χ3n) is 6.41. The molecule has 34 heavy (non-hydrogen) atoms. The van der Waals surface area contributed by atoms with E-state index >= 15 is 0 Å². The van der Waals surface area contributed by atoms with Crippen molar-refractivity contribution in [2.75, 3.05) is 18.4 Å². The van der Waals surface area contributed by atoms with Crippen molar-refractivity contribution in [3.05, 3.63) is 64.8 Å². The lowest BCUT2D eigenvalue weighted by Crippen LogP contribution is -2.36. The second kappa shape index (κ2) is 9.63. The molecule has 0 saturated carbocycles. The number of primary amides is 1. The maximum Gasteiger partial charge on any atom is 0.316 e. The number of rotatable bonds is 6. The van der Waals surface area contributed by atoms with E-state index in [2.05, 4.69) is 79.8 Å². The average molecular weight is 460 g/mol. The van der Waals surface area contributed by atoms with Gasteiger partial charge in [-0.05, 0) is 41.5 Å². The van der Waals surface area contributed by atoms with Crippen LogP contribution in [0.3, 0.4) is 0 Å². The molecule has 4 rings (SSSR count). The average Bonchev–Trinajstić information content (AvgIpc) is 3.15. The van der Waals surface area contributed by atoms with E-state index in [0.717, 1.165) is 50.2 Å². The standard InChI is InChI=1S/C28H37N5O/c1-6-19-9-8-10-20(7-2)25(19)33-26(21-11-13-22(14-12-21)30-27(29)34)23-17-32(18-28(3,4)5)16-15-24(23)31-33/h8-14H,6-7,15-18H2,1-5H3,(H3,29,30,34). The van der Waals surface area contributed by atoms with E-state index in [1.165, 1.54) is 28.1 Å². The highest BCUT2D eigenvalue weighted by atomic mass is 16.2. The summed E-state index contributed by atoms with van der Waals surface area (Å²) in [6.45, 7) is 14.3. The van der Waals surface area contributed by atoms with Crippen LogP contribution >= 0.6 is 0 Å². The number of carbonyl (C=O) groups is 1. The van der Waals surface area contributed by atoms with Gasteiger partial charge in [0.2, 0.25) is 0 Å². The fourth-order valence-corrected chi connectivity index (χ4v) is 5.03. The zero-order valence-electron chi connectivity index (χ0n) is 21.1. The molecule has 0 saturated heterocycles. The molecule has 0 aliphatic carbocycles. The number of nitrogens with two attached hydrogens (primary N) is 1. The molecule has 2 amide bonds. The smallest absolute Gasteiger partial charge is 0.316 e. The van der Waals surface area contributed by atoms with Crippen molar-refractivity contribution in [3.8, 4) is 16.9 Å². The molecule has 0 bridgehead atoms. The number of anilines is 1. The van der Waals surface area contributed by atoms with Gasteiger partial charge < -0.3 is 11.1 Å². The lowest BCUT2D eigenvalue weighted by Gasteiger charge is -2.32. The molecular weight excluding hydrogens is 422 g/mol. The summed E-state index contributed by atoms with van der Waals surface area (Å²) >= 11 is 0. The predicted octanol–water partition coefficient (Wildman–Crippen LogP) is 5.56. The van der Waals surface area contributed by atoms with Crippen molar-refractivity contribution in [3.63, 3.8) is 0 Å².